The molecule has 100 valence electrons. The largest absolute Gasteiger partial charge is 0.488 e. The Kier molecular flexibility index (Phi) is 2.10. The third-order valence-electron chi connectivity index (χ3n) is 5.25. The monoisotopic (exact) mass is 257 g/mol. The highest BCUT2D eigenvalue weighted by Gasteiger charge is 2.75. The fourth-order valence-electron chi connectivity index (χ4n) is 3.31. The van der Waals surface area contributed by atoms with Crippen LogP contribution in [0.4, 0.5) is 0 Å². The van der Waals surface area contributed by atoms with Crippen LogP contribution in [0.1, 0.15) is 25.3 Å². The number of hydrogen-bond acceptors (Lipinski definition) is 2. The van der Waals surface area contributed by atoms with Gasteiger partial charge in [0.05, 0.1) is 11.5 Å². The second-order valence-electron chi connectivity index (χ2n) is 6.39. The van der Waals surface area contributed by atoms with Gasteiger partial charge in [0.2, 0.25) is 5.91 Å². The maximum Gasteiger partial charge on any atom is 0.229 e. The molecule has 2 atom stereocenters. The van der Waals surface area contributed by atoms with Gasteiger partial charge in [-0.1, -0.05) is 18.2 Å². The number of benzene rings is 1. The van der Waals surface area contributed by atoms with Crippen LogP contribution < -0.4 is 4.74 Å². The summed E-state index contributed by atoms with van der Waals surface area (Å²) in [5.74, 6) is 2.02. The molecule has 0 spiro atoms. The number of fused-ring (bicyclic) bond motifs is 2. The van der Waals surface area contributed by atoms with Gasteiger partial charge in [0.15, 0.2) is 0 Å². The first-order chi connectivity index (χ1) is 9.12. The van der Waals surface area contributed by atoms with Gasteiger partial charge in [-0.15, -0.1) is 0 Å². The summed E-state index contributed by atoms with van der Waals surface area (Å²) in [7, 11) is 1.93. The van der Waals surface area contributed by atoms with Crippen LogP contribution in [0.15, 0.2) is 24.3 Å². The van der Waals surface area contributed by atoms with Crippen LogP contribution in [0.25, 0.3) is 0 Å². The molecule has 0 aromatic heterocycles. The predicted octanol–water partition coefficient (Wildman–Crippen LogP) is 2.25. The smallest absolute Gasteiger partial charge is 0.229 e. The molecular formula is C16H19NO2. The second-order valence-corrected chi connectivity index (χ2v) is 6.39. The number of rotatable bonds is 3. The lowest BCUT2D eigenvalue weighted by atomic mass is 10.0. The number of carbonyl (C=O) groups is 1. The highest BCUT2D eigenvalue weighted by molar-refractivity contribution is 5.90. The predicted molar refractivity (Wildman–Crippen MR) is 72.0 cm³/mol. The first-order valence-electron chi connectivity index (χ1n) is 7.14. The van der Waals surface area contributed by atoms with E-state index in [-0.39, 0.29) is 17.6 Å². The highest BCUT2D eigenvalue weighted by Crippen LogP contribution is 2.76. The third kappa shape index (κ3) is 1.54. The van der Waals surface area contributed by atoms with Crippen molar-refractivity contribution in [1.29, 1.82) is 0 Å². The van der Waals surface area contributed by atoms with Crippen LogP contribution in [0.5, 0.6) is 5.75 Å². The lowest BCUT2D eigenvalue weighted by molar-refractivity contribution is -0.136. The Labute approximate surface area is 113 Å². The van der Waals surface area contributed by atoms with Crippen LogP contribution >= 0.6 is 0 Å². The molecule has 2 unspecified atom stereocenters. The van der Waals surface area contributed by atoms with Gasteiger partial charge in [0, 0.05) is 13.5 Å². The Morgan fingerprint density at radius 3 is 2.74 bits per heavy atom. The quantitative estimate of drug-likeness (QED) is 0.831. The molecule has 0 saturated heterocycles. The third-order valence-corrected chi connectivity index (χ3v) is 5.25. The number of carbonyl (C=O) groups excluding carboxylic acids is 1. The van der Waals surface area contributed by atoms with Gasteiger partial charge in [-0.25, -0.2) is 0 Å². The fraction of sp³-hybridized carbons (Fsp3) is 0.562. The zero-order chi connectivity index (χ0) is 13.2. The average Bonchev–Trinajstić information content (AvgIpc) is 3.23. The van der Waals surface area contributed by atoms with Crippen molar-refractivity contribution in [3.8, 4) is 5.75 Å². The Hall–Kier alpha value is -1.51. The van der Waals surface area contributed by atoms with E-state index in [9.17, 15) is 4.79 Å². The molecule has 1 amide bonds. The molecule has 1 heterocycles. The van der Waals surface area contributed by atoms with Crippen molar-refractivity contribution in [1.82, 2.24) is 4.90 Å². The summed E-state index contributed by atoms with van der Waals surface area (Å²) in [6, 6.07) is 8.30. The molecule has 1 aliphatic heterocycles. The molecule has 2 aliphatic carbocycles. The molecule has 1 aromatic rings. The lowest BCUT2D eigenvalue weighted by Gasteiger charge is -2.30. The zero-order valence-electron chi connectivity index (χ0n) is 11.4. The number of para-hydroxylation sites is 1. The Bertz CT molecular complexity index is 522. The minimum Gasteiger partial charge on any atom is -0.488 e. The molecule has 2 fully saturated rings. The van der Waals surface area contributed by atoms with Crippen molar-refractivity contribution in [3.63, 3.8) is 0 Å². The van der Waals surface area contributed by atoms with Gasteiger partial charge in [0.1, 0.15) is 11.9 Å². The van der Waals surface area contributed by atoms with E-state index in [4.69, 9.17) is 4.74 Å². The second kappa shape index (κ2) is 3.53. The molecule has 4 rings (SSSR count). The van der Waals surface area contributed by atoms with Gasteiger partial charge in [-0.2, -0.15) is 0 Å². The maximum atomic E-state index is 12.4. The molecule has 3 aliphatic rings. The van der Waals surface area contributed by atoms with Gasteiger partial charge in [-0.05, 0) is 37.3 Å². The Morgan fingerprint density at radius 2 is 2.11 bits per heavy atom. The number of ether oxygens (including phenoxy) is 1. The SMILES string of the molecule is CC(C1Cc2ccccc2O1)N(C)C(=O)C12CC1C2. The summed E-state index contributed by atoms with van der Waals surface area (Å²) in [4.78, 5) is 14.3. The van der Waals surface area contributed by atoms with E-state index in [2.05, 4.69) is 13.0 Å². The molecule has 2 saturated carbocycles. The summed E-state index contributed by atoms with van der Waals surface area (Å²) in [6.07, 6.45) is 3.24. The molecule has 0 N–H and O–H groups in total. The van der Waals surface area contributed by atoms with E-state index in [1.54, 1.807) is 0 Å². The van der Waals surface area contributed by atoms with E-state index in [0.717, 1.165) is 25.0 Å². The molecular weight excluding hydrogens is 238 g/mol. The number of hydrogen-bond donors (Lipinski definition) is 0. The normalized spacial score (nSPS) is 34.8. The van der Waals surface area contributed by atoms with Crippen molar-refractivity contribution in [2.45, 2.75) is 38.3 Å². The van der Waals surface area contributed by atoms with Crippen molar-refractivity contribution >= 4 is 5.91 Å². The molecule has 3 heteroatoms. The number of likely N-dealkylation sites (N-methyl/N-ethyl adjacent to an activating group) is 1. The van der Waals surface area contributed by atoms with Gasteiger partial charge in [0.25, 0.3) is 0 Å². The maximum absolute atomic E-state index is 12.4. The molecule has 0 radical (unpaired) electrons. The minimum absolute atomic E-state index is 0.0640. The summed E-state index contributed by atoms with van der Waals surface area (Å²) in [5, 5.41) is 0. The summed E-state index contributed by atoms with van der Waals surface area (Å²) >= 11 is 0. The van der Waals surface area contributed by atoms with Gasteiger partial charge in [-0.3, -0.25) is 4.79 Å². The lowest BCUT2D eigenvalue weighted by Crippen LogP contribution is -2.46. The van der Waals surface area contributed by atoms with E-state index >= 15 is 0 Å². The molecule has 0 bridgehead atoms. The van der Waals surface area contributed by atoms with E-state index < -0.39 is 0 Å². The number of amides is 1. The topological polar surface area (TPSA) is 29.5 Å². The van der Waals surface area contributed by atoms with Crippen molar-refractivity contribution in [3.05, 3.63) is 29.8 Å². The van der Waals surface area contributed by atoms with Crippen LogP contribution in [0.3, 0.4) is 0 Å². The zero-order valence-corrected chi connectivity index (χ0v) is 11.4. The van der Waals surface area contributed by atoms with Crippen LogP contribution in [0, 0.1) is 11.3 Å². The van der Waals surface area contributed by atoms with Crippen molar-refractivity contribution in [2.75, 3.05) is 7.05 Å². The van der Waals surface area contributed by atoms with Crippen LogP contribution in [-0.2, 0) is 11.2 Å². The molecule has 1 aromatic carbocycles. The first-order valence-corrected chi connectivity index (χ1v) is 7.14. The van der Waals surface area contributed by atoms with Crippen molar-refractivity contribution < 1.29 is 9.53 Å². The van der Waals surface area contributed by atoms with Crippen molar-refractivity contribution in [2.24, 2.45) is 11.3 Å². The summed E-state index contributed by atoms with van der Waals surface area (Å²) in [6.45, 7) is 2.10. The van der Waals surface area contributed by atoms with Gasteiger partial charge < -0.3 is 9.64 Å². The molecule has 3 nitrogen and oxygen atoms in total. The first kappa shape index (κ1) is 11.3. The summed E-state index contributed by atoms with van der Waals surface area (Å²) < 4.78 is 5.99. The number of nitrogens with zero attached hydrogens (tertiary/aromatic N) is 1. The average molecular weight is 257 g/mol. The van der Waals surface area contributed by atoms with E-state index in [1.165, 1.54) is 5.56 Å². The van der Waals surface area contributed by atoms with Crippen LogP contribution in [0.2, 0.25) is 0 Å². The Balaban J connectivity index is 1.47. The standard InChI is InChI=1S/C16H19NO2/c1-10(17(2)15(18)16-8-12(16)9-16)14-7-11-5-3-4-6-13(11)19-14/h3-6,10,12,14H,7-9H2,1-2H3. The van der Waals surface area contributed by atoms with Gasteiger partial charge >= 0.3 is 0 Å². The Morgan fingerprint density at radius 1 is 1.42 bits per heavy atom. The highest BCUT2D eigenvalue weighted by atomic mass is 16.5. The van der Waals surface area contributed by atoms with E-state index in [0.29, 0.717) is 11.8 Å². The minimum atomic E-state index is 0.0640. The molecule has 19 heavy (non-hydrogen) atoms. The van der Waals surface area contributed by atoms with Crippen LogP contribution in [-0.4, -0.2) is 30.0 Å². The fourth-order valence-corrected chi connectivity index (χ4v) is 3.31. The summed E-state index contributed by atoms with van der Waals surface area (Å²) in [5.41, 5.74) is 1.32. The van der Waals surface area contributed by atoms with E-state index in [1.807, 2.05) is 30.1 Å².